The number of piperidine rings is 1. The summed E-state index contributed by atoms with van der Waals surface area (Å²) in [6.07, 6.45) is 3.50. The summed E-state index contributed by atoms with van der Waals surface area (Å²) >= 11 is 0. The van der Waals surface area contributed by atoms with Crippen LogP contribution in [0.2, 0.25) is 0 Å². The van der Waals surface area contributed by atoms with Gasteiger partial charge in [-0.2, -0.15) is 0 Å². The molecule has 1 spiro atoms. The number of rotatable bonds is 4. The molecule has 29 heavy (non-hydrogen) atoms. The molecule has 2 fully saturated rings. The lowest BCUT2D eigenvalue weighted by Crippen LogP contribution is -2.45. The van der Waals surface area contributed by atoms with Gasteiger partial charge in [-0.25, -0.2) is 9.97 Å². The zero-order valence-corrected chi connectivity index (χ0v) is 16.2. The summed E-state index contributed by atoms with van der Waals surface area (Å²) in [5.74, 6) is 1.98. The SMILES string of the molecule is c1ccc(Oc2ccc(-c3ccnc(N4CCC5(CC4)OCCO5)n3)cc2)cc1. The summed E-state index contributed by atoms with van der Waals surface area (Å²) in [5.41, 5.74) is 1.93. The highest BCUT2D eigenvalue weighted by Crippen LogP contribution is 2.33. The molecule has 0 N–H and O–H groups in total. The molecule has 148 valence electrons. The van der Waals surface area contributed by atoms with Crippen LogP contribution in [0.5, 0.6) is 11.5 Å². The molecule has 1 aromatic heterocycles. The lowest BCUT2D eigenvalue weighted by atomic mass is 10.0. The number of nitrogens with zero attached hydrogens (tertiary/aromatic N) is 3. The van der Waals surface area contributed by atoms with Crippen LogP contribution in [-0.4, -0.2) is 42.1 Å². The van der Waals surface area contributed by atoms with Gasteiger partial charge in [0.15, 0.2) is 5.79 Å². The molecule has 6 nitrogen and oxygen atoms in total. The number of anilines is 1. The van der Waals surface area contributed by atoms with Crippen LogP contribution in [-0.2, 0) is 9.47 Å². The maximum absolute atomic E-state index is 5.87. The Bertz CT molecular complexity index is 947. The molecule has 0 bridgehead atoms. The van der Waals surface area contributed by atoms with E-state index in [1.165, 1.54) is 0 Å². The fourth-order valence-electron chi connectivity index (χ4n) is 3.81. The minimum atomic E-state index is -0.386. The molecule has 5 rings (SSSR count). The van der Waals surface area contributed by atoms with Gasteiger partial charge in [-0.3, -0.25) is 0 Å². The molecule has 2 aliphatic rings. The van der Waals surface area contributed by atoms with Crippen molar-refractivity contribution in [2.24, 2.45) is 0 Å². The second-order valence-electron chi connectivity index (χ2n) is 7.28. The Morgan fingerprint density at radius 1 is 0.828 bits per heavy atom. The van der Waals surface area contributed by atoms with E-state index in [1.807, 2.05) is 66.9 Å². The average molecular weight is 389 g/mol. The molecule has 0 amide bonds. The number of hydrogen-bond acceptors (Lipinski definition) is 6. The smallest absolute Gasteiger partial charge is 0.225 e. The highest BCUT2D eigenvalue weighted by Gasteiger charge is 2.40. The second-order valence-corrected chi connectivity index (χ2v) is 7.28. The fraction of sp³-hybridized carbons (Fsp3) is 0.304. The van der Waals surface area contributed by atoms with Crippen LogP contribution in [0.3, 0.4) is 0 Å². The van der Waals surface area contributed by atoms with Crippen LogP contribution in [0, 0.1) is 0 Å². The molecule has 0 unspecified atom stereocenters. The van der Waals surface area contributed by atoms with Crippen molar-refractivity contribution in [2.75, 3.05) is 31.2 Å². The van der Waals surface area contributed by atoms with Gasteiger partial charge in [-0.05, 0) is 42.5 Å². The summed E-state index contributed by atoms with van der Waals surface area (Å²) < 4.78 is 17.5. The maximum atomic E-state index is 5.87. The van der Waals surface area contributed by atoms with E-state index in [-0.39, 0.29) is 5.79 Å². The largest absolute Gasteiger partial charge is 0.457 e. The van der Waals surface area contributed by atoms with E-state index >= 15 is 0 Å². The van der Waals surface area contributed by atoms with Crippen molar-refractivity contribution < 1.29 is 14.2 Å². The molecule has 6 heteroatoms. The molecule has 0 aliphatic carbocycles. The first-order valence-corrected chi connectivity index (χ1v) is 9.99. The third-order valence-electron chi connectivity index (χ3n) is 5.39. The molecule has 3 aromatic rings. The number of aromatic nitrogens is 2. The summed E-state index contributed by atoms with van der Waals surface area (Å²) in [7, 11) is 0. The van der Waals surface area contributed by atoms with Crippen LogP contribution in [0.1, 0.15) is 12.8 Å². The Morgan fingerprint density at radius 3 is 2.24 bits per heavy atom. The molecule has 2 aliphatic heterocycles. The number of ether oxygens (including phenoxy) is 3. The van der Waals surface area contributed by atoms with Crippen molar-refractivity contribution in [3.05, 3.63) is 66.9 Å². The number of hydrogen-bond donors (Lipinski definition) is 0. The van der Waals surface area contributed by atoms with Gasteiger partial charge >= 0.3 is 0 Å². The minimum absolute atomic E-state index is 0.386. The predicted molar refractivity (Wildman–Crippen MR) is 110 cm³/mol. The first-order valence-electron chi connectivity index (χ1n) is 9.99. The monoisotopic (exact) mass is 389 g/mol. The molecule has 3 heterocycles. The molecule has 0 saturated carbocycles. The molecule has 0 atom stereocenters. The fourth-order valence-corrected chi connectivity index (χ4v) is 3.81. The molecule has 0 radical (unpaired) electrons. The Balaban J connectivity index is 1.28. The highest BCUT2D eigenvalue weighted by molar-refractivity contribution is 5.61. The summed E-state index contributed by atoms with van der Waals surface area (Å²) in [5, 5.41) is 0. The average Bonchev–Trinajstić information content (AvgIpc) is 3.23. The topological polar surface area (TPSA) is 56.7 Å². The van der Waals surface area contributed by atoms with Gasteiger partial charge in [0.1, 0.15) is 11.5 Å². The first-order chi connectivity index (χ1) is 14.3. The molecule has 2 aromatic carbocycles. The van der Waals surface area contributed by atoms with Crippen LogP contribution in [0.15, 0.2) is 66.9 Å². The Hall–Kier alpha value is -2.96. The number of benzene rings is 2. The van der Waals surface area contributed by atoms with Gasteiger partial charge < -0.3 is 19.1 Å². The molecular formula is C23H23N3O3. The Labute approximate surface area is 170 Å². The van der Waals surface area contributed by atoms with E-state index in [0.717, 1.165) is 54.6 Å². The second kappa shape index (κ2) is 7.81. The number of para-hydroxylation sites is 1. The minimum Gasteiger partial charge on any atom is -0.457 e. The lowest BCUT2D eigenvalue weighted by molar-refractivity contribution is -0.169. The predicted octanol–water partition coefficient (Wildman–Crippen LogP) is 4.28. The van der Waals surface area contributed by atoms with E-state index in [9.17, 15) is 0 Å². The van der Waals surface area contributed by atoms with Crippen molar-refractivity contribution in [2.45, 2.75) is 18.6 Å². The van der Waals surface area contributed by atoms with Crippen LogP contribution >= 0.6 is 0 Å². The normalized spacial score (nSPS) is 18.1. The lowest BCUT2D eigenvalue weighted by Gasteiger charge is -2.37. The van der Waals surface area contributed by atoms with E-state index in [4.69, 9.17) is 19.2 Å². The van der Waals surface area contributed by atoms with Crippen LogP contribution in [0.4, 0.5) is 5.95 Å². The van der Waals surface area contributed by atoms with E-state index in [2.05, 4.69) is 9.88 Å². The third-order valence-corrected chi connectivity index (χ3v) is 5.39. The van der Waals surface area contributed by atoms with Crippen LogP contribution in [0.25, 0.3) is 11.3 Å². The van der Waals surface area contributed by atoms with Gasteiger partial charge in [0.25, 0.3) is 0 Å². The van der Waals surface area contributed by atoms with Crippen molar-refractivity contribution in [3.8, 4) is 22.8 Å². The van der Waals surface area contributed by atoms with Crippen molar-refractivity contribution in [1.82, 2.24) is 9.97 Å². The highest BCUT2D eigenvalue weighted by atomic mass is 16.7. The van der Waals surface area contributed by atoms with Crippen molar-refractivity contribution in [1.29, 1.82) is 0 Å². The third kappa shape index (κ3) is 3.95. The Kier molecular flexibility index (Phi) is 4.87. The first kappa shape index (κ1) is 18.1. The zero-order valence-electron chi connectivity index (χ0n) is 16.2. The van der Waals surface area contributed by atoms with Gasteiger partial charge in [0, 0.05) is 37.7 Å². The van der Waals surface area contributed by atoms with E-state index in [1.54, 1.807) is 0 Å². The maximum Gasteiger partial charge on any atom is 0.225 e. The molecule has 2 saturated heterocycles. The van der Waals surface area contributed by atoms with Gasteiger partial charge in [-0.1, -0.05) is 18.2 Å². The Morgan fingerprint density at radius 2 is 1.52 bits per heavy atom. The van der Waals surface area contributed by atoms with Gasteiger partial charge in [0.05, 0.1) is 18.9 Å². The van der Waals surface area contributed by atoms with E-state index in [0.29, 0.717) is 13.2 Å². The molecular weight excluding hydrogens is 366 g/mol. The van der Waals surface area contributed by atoms with Gasteiger partial charge in [-0.15, -0.1) is 0 Å². The summed E-state index contributed by atoms with van der Waals surface area (Å²) in [4.78, 5) is 11.5. The van der Waals surface area contributed by atoms with E-state index < -0.39 is 0 Å². The summed E-state index contributed by atoms with van der Waals surface area (Å²) in [6, 6.07) is 19.7. The standard InChI is InChI=1S/C23H23N3O3/c1-2-4-19(5-3-1)29-20-8-6-18(7-9-20)21-10-13-24-22(25-21)26-14-11-23(12-15-26)27-16-17-28-23/h1-10,13H,11-12,14-17H2. The zero-order chi connectivity index (χ0) is 19.5. The van der Waals surface area contributed by atoms with Gasteiger partial charge in [0.2, 0.25) is 5.95 Å². The van der Waals surface area contributed by atoms with Crippen molar-refractivity contribution in [3.63, 3.8) is 0 Å². The quantitative estimate of drug-likeness (QED) is 0.664. The summed E-state index contributed by atoms with van der Waals surface area (Å²) in [6.45, 7) is 3.03. The van der Waals surface area contributed by atoms with Crippen LogP contribution < -0.4 is 9.64 Å². The van der Waals surface area contributed by atoms with Crippen molar-refractivity contribution >= 4 is 5.95 Å².